The van der Waals surface area contributed by atoms with Gasteiger partial charge < -0.3 is 10.2 Å². The second kappa shape index (κ2) is 7.40. The van der Waals surface area contributed by atoms with Gasteiger partial charge in [0, 0.05) is 23.4 Å². The minimum Gasteiger partial charge on any atom is -0.455 e. The minimum atomic E-state index is -3.63. The second-order valence-corrected chi connectivity index (χ2v) is 9.73. The summed E-state index contributed by atoms with van der Waals surface area (Å²) in [5.74, 6) is -0.180. The molecule has 9 heteroatoms. The molecular formula is C20H24N4O4S. The molecule has 1 aromatic carbocycles. The lowest BCUT2D eigenvalue weighted by Gasteiger charge is -2.25. The average Bonchev–Trinajstić information content (AvgIpc) is 3.28. The van der Waals surface area contributed by atoms with Crippen LogP contribution in [0.25, 0.3) is 5.69 Å². The highest BCUT2D eigenvalue weighted by atomic mass is 32.2. The first-order valence-electron chi connectivity index (χ1n) is 8.97. The number of primary amides is 1. The SMILES string of the molecule is CC(C)(C)c1oc(C(N)=O)cc1CN(c1cccc(-n2cccn2)c1)S(C)(=O)=O. The standard InChI is InChI=1S/C20H24N4O4S/c1-20(2,3)18-14(11-17(28-18)19(21)25)13-24(29(4,26)27)16-8-5-7-15(12-16)23-10-6-9-22-23/h5-12H,13H2,1-4H3,(H2,21,25). The van der Waals surface area contributed by atoms with E-state index in [0.29, 0.717) is 17.0 Å². The van der Waals surface area contributed by atoms with Crippen LogP contribution in [0.1, 0.15) is 42.6 Å². The van der Waals surface area contributed by atoms with Gasteiger partial charge in [-0.05, 0) is 30.3 Å². The van der Waals surface area contributed by atoms with Gasteiger partial charge in [-0.1, -0.05) is 26.8 Å². The van der Waals surface area contributed by atoms with Gasteiger partial charge in [0.05, 0.1) is 24.2 Å². The Morgan fingerprint density at radius 1 is 1.24 bits per heavy atom. The lowest BCUT2D eigenvalue weighted by molar-refractivity contribution is 0.0970. The van der Waals surface area contributed by atoms with Crippen LogP contribution in [-0.4, -0.2) is 30.4 Å². The molecule has 8 nitrogen and oxygen atoms in total. The van der Waals surface area contributed by atoms with E-state index in [0.717, 1.165) is 11.9 Å². The smallest absolute Gasteiger partial charge is 0.284 e. The van der Waals surface area contributed by atoms with E-state index in [2.05, 4.69) is 5.10 Å². The maximum atomic E-state index is 12.6. The fourth-order valence-corrected chi connectivity index (χ4v) is 3.94. The Kier molecular flexibility index (Phi) is 5.27. The number of benzene rings is 1. The van der Waals surface area contributed by atoms with Gasteiger partial charge >= 0.3 is 0 Å². The fraction of sp³-hybridized carbons (Fsp3) is 0.300. The predicted octanol–water partition coefficient (Wildman–Crippen LogP) is 2.83. The molecule has 2 N–H and O–H groups in total. The molecule has 3 rings (SSSR count). The fourth-order valence-electron chi connectivity index (χ4n) is 3.07. The van der Waals surface area contributed by atoms with Crippen LogP contribution >= 0.6 is 0 Å². The summed E-state index contributed by atoms with van der Waals surface area (Å²) in [5, 5.41) is 4.18. The van der Waals surface area contributed by atoms with Gasteiger partial charge in [0.25, 0.3) is 5.91 Å². The molecule has 0 aliphatic rings. The van der Waals surface area contributed by atoms with Crippen molar-refractivity contribution in [3.8, 4) is 5.69 Å². The molecule has 0 spiro atoms. The molecule has 0 atom stereocenters. The largest absolute Gasteiger partial charge is 0.455 e. The van der Waals surface area contributed by atoms with Crippen molar-refractivity contribution in [1.82, 2.24) is 9.78 Å². The third-order valence-corrected chi connectivity index (χ3v) is 5.47. The Balaban J connectivity index is 2.07. The Labute approximate surface area is 170 Å². The molecule has 29 heavy (non-hydrogen) atoms. The minimum absolute atomic E-state index is 0.00340. The molecule has 0 aliphatic heterocycles. The monoisotopic (exact) mass is 416 g/mol. The summed E-state index contributed by atoms with van der Waals surface area (Å²) < 4.78 is 33.8. The summed E-state index contributed by atoms with van der Waals surface area (Å²) in [5.41, 5.74) is 6.71. The zero-order valence-corrected chi connectivity index (χ0v) is 17.6. The number of sulfonamides is 1. The van der Waals surface area contributed by atoms with Gasteiger partial charge in [0.15, 0.2) is 5.76 Å². The summed E-state index contributed by atoms with van der Waals surface area (Å²) in [7, 11) is -3.63. The van der Waals surface area contributed by atoms with Crippen LogP contribution in [0.3, 0.4) is 0 Å². The molecule has 0 saturated heterocycles. The number of hydrogen-bond acceptors (Lipinski definition) is 5. The van der Waals surface area contributed by atoms with Crippen molar-refractivity contribution < 1.29 is 17.6 Å². The first-order valence-corrected chi connectivity index (χ1v) is 10.8. The van der Waals surface area contributed by atoms with Gasteiger partial charge in [0.1, 0.15) is 5.76 Å². The first kappa shape index (κ1) is 20.7. The van der Waals surface area contributed by atoms with E-state index in [-0.39, 0.29) is 12.3 Å². The lowest BCUT2D eigenvalue weighted by atomic mass is 9.90. The topological polar surface area (TPSA) is 111 Å². The van der Waals surface area contributed by atoms with E-state index in [1.54, 1.807) is 41.3 Å². The number of hydrogen-bond donors (Lipinski definition) is 1. The van der Waals surface area contributed by atoms with Gasteiger partial charge in [-0.25, -0.2) is 13.1 Å². The Morgan fingerprint density at radius 2 is 1.97 bits per heavy atom. The van der Waals surface area contributed by atoms with Gasteiger partial charge in [0.2, 0.25) is 10.0 Å². The summed E-state index contributed by atoms with van der Waals surface area (Å²) in [4.78, 5) is 11.6. The zero-order valence-electron chi connectivity index (χ0n) is 16.8. The van der Waals surface area contributed by atoms with Crippen LogP contribution < -0.4 is 10.0 Å². The third-order valence-electron chi connectivity index (χ3n) is 4.33. The molecule has 1 amide bonds. The maximum absolute atomic E-state index is 12.6. The summed E-state index contributed by atoms with van der Waals surface area (Å²) >= 11 is 0. The molecule has 0 radical (unpaired) electrons. The van der Waals surface area contributed by atoms with Crippen LogP contribution in [0.5, 0.6) is 0 Å². The highest BCUT2D eigenvalue weighted by molar-refractivity contribution is 7.92. The number of rotatable bonds is 6. The number of carbonyl (C=O) groups excluding carboxylic acids is 1. The lowest BCUT2D eigenvalue weighted by Crippen LogP contribution is -2.30. The number of carbonyl (C=O) groups is 1. The van der Waals surface area contributed by atoms with E-state index < -0.39 is 21.3 Å². The molecule has 0 fully saturated rings. The number of nitrogens with zero attached hydrogens (tertiary/aromatic N) is 3. The highest BCUT2D eigenvalue weighted by Gasteiger charge is 2.28. The normalized spacial score (nSPS) is 12.1. The van der Waals surface area contributed by atoms with Crippen LogP contribution in [0, 0.1) is 0 Å². The van der Waals surface area contributed by atoms with E-state index in [1.807, 2.05) is 26.8 Å². The number of furan rings is 1. The molecule has 3 aromatic rings. The zero-order chi connectivity index (χ0) is 21.4. The highest BCUT2D eigenvalue weighted by Crippen LogP contribution is 2.32. The van der Waals surface area contributed by atoms with Gasteiger partial charge in [-0.15, -0.1) is 0 Å². The van der Waals surface area contributed by atoms with E-state index in [1.165, 1.54) is 10.4 Å². The number of nitrogens with two attached hydrogens (primary N) is 1. The van der Waals surface area contributed by atoms with Crippen LogP contribution in [0.4, 0.5) is 5.69 Å². The van der Waals surface area contributed by atoms with Crippen molar-refractivity contribution in [2.75, 3.05) is 10.6 Å². The Bertz CT molecular complexity index is 1130. The predicted molar refractivity (Wildman–Crippen MR) is 111 cm³/mol. The van der Waals surface area contributed by atoms with Crippen LogP contribution in [0.15, 0.2) is 53.2 Å². The molecule has 0 saturated carbocycles. The summed E-state index contributed by atoms with van der Waals surface area (Å²) in [6.07, 6.45) is 4.56. The second-order valence-electron chi connectivity index (χ2n) is 7.82. The molecule has 2 heterocycles. The van der Waals surface area contributed by atoms with Crippen molar-refractivity contribution in [3.05, 3.63) is 65.9 Å². The van der Waals surface area contributed by atoms with Crippen LogP contribution in [0.2, 0.25) is 0 Å². The summed E-state index contributed by atoms with van der Waals surface area (Å²) in [6, 6.07) is 10.3. The van der Waals surface area contributed by atoms with E-state index in [9.17, 15) is 13.2 Å². The number of aromatic nitrogens is 2. The third kappa shape index (κ3) is 4.51. The van der Waals surface area contributed by atoms with Gasteiger partial charge in [-0.3, -0.25) is 9.10 Å². The Hall–Kier alpha value is -3.07. The number of amides is 1. The van der Waals surface area contributed by atoms with Crippen molar-refractivity contribution >= 4 is 21.6 Å². The molecular weight excluding hydrogens is 392 g/mol. The first-order chi connectivity index (χ1) is 13.5. The van der Waals surface area contributed by atoms with E-state index >= 15 is 0 Å². The van der Waals surface area contributed by atoms with Crippen molar-refractivity contribution in [2.45, 2.75) is 32.7 Å². The molecule has 2 aromatic heterocycles. The van der Waals surface area contributed by atoms with Crippen molar-refractivity contribution in [3.63, 3.8) is 0 Å². The Morgan fingerprint density at radius 3 is 2.52 bits per heavy atom. The van der Waals surface area contributed by atoms with Crippen LogP contribution in [-0.2, 0) is 22.0 Å². The molecule has 0 aliphatic carbocycles. The maximum Gasteiger partial charge on any atom is 0.284 e. The quantitative estimate of drug-likeness (QED) is 0.664. The molecule has 0 unspecified atom stereocenters. The number of anilines is 1. The van der Waals surface area contributed by atoms with Gasteiger partial charge in [-0.2, -0.15) is 5.10 Å². The molecule has 154 valence electrons. The van der Waals surface area contributed by atoms with Crippen molar-refractivity contribution in [2.24, 2.45) is 5.73 Å². The summed E-state index contributed by atoms with van der Waals surface area (Å²) in [6.45, 7) is 5.76. The molecule has 0 bridgehead atoms. The average molecular weight is 417 g/mol. The van der Waals surface area contributed by atoms with E-state index in [4.69, 9.17) is 10.2 Å². The van der Waals surface area contributed by atoms with Crippen molar-refractivity contribution in [1.29, 1.82) is 0 Å².